The van der Waals surface area contributed by atoms with Crippen molar-refractivity contribution in [1.29, 1.82) is 0 Å². The summed E-state index contributed by atoms with van der Waals surface area (Å²) in [4.78, 5) is 0. The molecule has 0 saturated carbocycles. The topological polar surface area (TPSA) is 26.0 Å². The first-order chi connectivity index (χ1) is 6.02. The largest absolute Gasteiger partial charge is 0.319 e. The van der Waals surface area contributed by atoms with E-state index in [1.807, 2.05) is 0 Å². The molecule has 0 heterocycles. The van der Waals surface area contributed by atoms with Gasteiger partial charge in [0.1, 0.15) is 5.82 Å². The zero-order valence-electron chi connectivity index (χ0n) is 6.88. The van der Waals surface area contributed by atoms with E-state index in [-0.39, 0.29) is 18.0 Å². The van der Waals surface area contributed by atoms with Gasteiger partial charge in [-0.1, -0.05) is 15.9 Å². The molecule has 6 heteroatoms. The zero-order chi connectivity index (χ0) is 10.0. The SMILES string of the molecule is Cl.N[C@@H](c1cc(Br)ccc1F)C(F)F. The van der Waals surface area contributed by atoms with Crippen molar-refractivity contribution in [2.24, 2.45) is 5.73 Å². The molecule has 0 aliphatic rings. The second-order valence-electron chi connectivity index (χ2n) is 2.53. The molecule has 0 saturated heterocycles. The van der Waals surface area contributed by atoms with Crippen LogP contribution in [0.4, 0.5) is 13.2 Å². The molecule has 0 aliphatic heterocycles. The van der Waals surface area contributed by atoms with Gasteiger partial charge in [-0.05, 0) is 18.2 Å². The van der Waals surface area contributed by atoms with Crippen LogP contribution in [0.1, 0.15) is 11.6 Å². The molecule has 0 unspecified atom stereocenters. The molecule has 1 aromatic rings. The lowest BCUT2D eigenvalue weighted by molar-refractivity contribution is 0.115. The van der Waals surface area contributed by atoms with Crippen LogP contribution in [0.5, 0.6) is 0 Å². The standard InChI is InChI=1S/C8H7BrF3N.ClH/c9-4-1-2-6(10)5(3-4)7(13)8(11)12;/h1-3,7-8H,13H2;1H/t7-;/m0./s1. The monoisotopic (exact) mass is 289 g/mol. The summed E-state index contributed by atoms with van der Waals surface area (Å²) in [7, 11) is 0. The molecule has 0 fully saturated rings. The predicted molar refractivity (Wildman–Crippen MR) is 54.3 cm³/mol. The van der Waals surface area contributed by atoms with E-state index in [0.29, 0.717) is 4.47 Å². The highest BCUT2D eigenvalue weighted by Crippen LogP contribution is 2.24. The molecule has 0 aliphatic carbocycles. The molecular formula is C8H8BrClF3N. The number of hydrogen-bond donors (Lipinski definition) is 1. The summed E-state index contributed by atoms with van der Waals surface area (Å²) < 4.78 is 37.7. The average molecular weight is 291 g/mol. The van der Waals surface area contributed by atoms with Crippen molar-refractivity contribution in [1.82, 2.24) is 0 Å². The van der Waals surface area contributed by atoms with Gasteiger partial charge in [0.25, 0.3) is 6.43 Å². The Kier molecular flexibility index (Phi) is 5.48. The minimum atomic E-state index is -2.76. The van der Waals surface area contributed by atoms with Crippen molar-refractivity contribution in [2.45, 2.75) is 12.5 Å². The highest BCUT2D eigenvalue weighted by atomic mass is 79.9. The molecule has 0 spiro atoms. The first-order valence-corrected chi connectivity index (χ1v) is 4.30. The van der Waals surface area contributed by atoms with Gasteiger partial charge in [0.2, 0.25) is 0 Å². The van der Waals surface area contributed by atoms with Crippen molar-refractivity contribution in [3.63, 3.8) is 0 Å². The van der Waals surface area contributed by atoms with Crippen LogP contribution in [0.3, 0.4) is 0 Å². The van der Waals surface area contributed by atoms with Crippen LogP contribution in [-0.4, -0.2) is 6.43 Å². The third-order valence-electron chi connectivity index (χ3n) is 1.59. The molecule has 1 rings (SSSR count). The number of nitrogens with two attached hydrogens (primary N) is 1. The lowest BCUT2D eigenvalue weighted by Gasteiger charge is -2.11. The molecule has 1 atom stereocenters. The summed E-state index contributed by atoms with van der Waals surface area (Å²) in [6.07, 6.45) is -2.76. The smallest absolute Gasteiger partial charge is 0.257 e. The quantitative estimate of drug-likeness (QED) is 0.889. The predicted octanol–water partition coefficient (Wildman–Crippen LogP) is 3.27. The van der Waals surface area contributed by atoms with Gasteiger partial charge in [-0.2, -0.15) is 0 Å². The second-order valence-corrected chi connectivity index (χ2v) is 3.44. The van der Waals surface area contributed by atoms with Crippen molar-refractivity contribution in [3.05, 3.63) is 34.1 Å². The Morgan fingerprint density at radius 2 is 1.86 bits per heavy atom. The van der Waals surface area contributed by atoms with Gasteiger partial charge < -0.3 is 5.73 Å². The van der Waals surface area contributed by atoms with Crippen LogP contribution in [0.25, 0.3) is 0 Å². The molecule has 2 N–H and O–H groups in total. The van der Waals surface area contributed by atoms with E-state index in [1.54, 1.807) is 0 Å². The first kappa shape index (κ1) is 13.7. The van der Waals surface area contributed by atoms with Crippen molar-refractivity contribution in [3.8, 4) is 0 Å². The molecule has 1 aromatic carbocycles. The van der Waals surface area contributed by atoms with Crippen molar-refractivity contribution in [2.75, 3.05) is 0 Å². The van der Waals surface area contributed by atoms with Crippen LogP contribution in [0.2, 0.25) is 0 Å². The highest BCUT2D eigenvalue weighted by molar-refractivity contribution is 9.10. The molecule has 80 valence electrons. The van der Waals surface area contributed by atoms with E-state index < -0.39 is 18.3 Å². The maximum absolute atomic E-state index is 12.9. The summed E-state index contributed by atoms with van der Waals surface area (Å²) in [5, 5.41) is 0. The summed E-state index contributed by atoms with van der Waals surface area (Å²) in [6.45, 7) is 0. The number of alkyl halides is 2. The summed E-state index contributed by atoms with van der Waals surface area (Å²) in [5.41, 5.74) is 4.92. The van der Waals surface area contributed by atoms with Gasteiger partial charge in [0, 0.05) is 10.0 Å². The molecule has 0 aromatic heterocycles. The summed E-state index contributed by atoms with van der Waals surface area (Å²) in [6, 6.07) is 2.21. The van der Waals surface area contributed by atoms with E-state index in [4.69, 9.17) is 5.73 Å². The zero-order valence-corrected chi connectivity index (χ0v) is 9.29. The first-order valence-electron chi connectivity index (χ1n) is 3.51. The Bertz CT molecular complexity index is 309. The normalized spacial score (nSPS) is 12.4. The van der Waals surface area contributed by atoms with E-state index in [2.05, 4.69) is 15.9 Å². The molecule has 0 amide bonds. The van der Waals surface area contributed by atoms with E-state index in [9.17, 15) is 13.2 Å². The maximum atomic E-state index is 12.9. The van der Waals surface area contributed by atoms with Gasteiger partial charge in [-0.25, -0.2) is 13.2 Å². The van der Waals surface area contributed by atoms with Crippen LogP contribution in [0, 0.1) is 5.82 Å². The Hall–Kier alpha value is -0.260. The summed E-state index contributed by atoms with van der Waals surface area (Å²) >= 11 is 3.05. The van der Waals surface area contributed by atoms with Gasteiger partial charge in [-0.3, -0.25) is 0 Å². The van der Waals surface area contributed by atoms with Crippen LogP contribution < -0.4 is 5.73 Å². The summed E-state index contributed by atoms with van der Waals surface area (Å²) in [5.74, 6) is -0.712. The highest BCUT2D eigenvalue weighted by Gasteiger charge is 2.20. The number of benzene rings is 1. The molecule has 1 nitrogen and oxygen atoms in total. The lowest BCUT2D eigenvalue weighted by atomic mass is 10.1. The van der Waals surface area contributed by atoms with E-state index in [1.165, 1.54) is 12.1 Å². The Morgan fingerprint density at radius 3 is 2.36 bits per heavy atom. The van der Waals surface area contributed by atoms with Gasteiger partial charge in [-0.15, -0.1) is 12.4 Å². The third-order valence-corrected chi connectivity index (χ3v) is 2.08. The minimum absolute atomic E-state index is 0. The minimum Gasteiger partial charge on any atom is -0.319 e. The fourth-order valence-corrected chi connectivity index (χ4v) is 1.28. The van der Waals surface area contributed by atoms with Gasteiger partial charge >= 0.3 is 0 Å². The van der Waals surface area contributed by atoms with Crippen molar-refractivity contribution < 1.29 is 13.2 Å². The lowest BCUT2D eigenvalue weighted by Crippen LogP contribution is -2.20. The Labute approximate surface area is 94.0 Å². The number of halogens is 5. The average Bonchev–Trinajstić information content (AvgIpc) is 2.08. The fourth-order valence-electron chi connectivity index (χ4n) is 0.906. The molecule has 0 radical (unpaired) electrons. The van der Waals surface area contributed by atoms with E-state index in [0.717, 1.165) is 6.07 Å². The Morgan fingerprint density at radius 1 is 1.29 bits per heavy atom. The van der Waals surface area contributed by atoms with E-state index >= 15 is 0 Å². The number of hydrogen-bond acceptors (Lipinski definition) is 1. The Balaban J connectivity index is 0.00000169. The molecule has 0 bridgehead atoms. The van der Waals surface area contributed by atoms with Crippen LogP contribution in [0.15, 0.2) is 22.7 Å². The van der Waals surface area contributed by atoms with Crippen LogP contribution in [-0.2, 0) is 0 Å². The molecule has 14 heavy (non-hydrogen) atoms. The molecular weight excluding hydrogens is 282 g/mol. The second kappa shape index (κ2) is 5.58. The van der Waals surface area contributed by atoms with Crippen molar-refractivity contribution >= 4 is 28.3 Å². The van der Waals surface area contributed by atoms with Gasteiger partial charge in [0.05, 0.1) is 6.04 Å². The fraction of sp³-hybridized carbons (Fsp3) is 0.250. The number of rotatable bonds is 2. The maximum Gasteiger partial charge on any atom is 0.257 e. The van der Waals surface area contributed by atoms with Crippen LogP contribution >= 0.6 is 28.3 Å². The van der Waals surface area contributed by atoms with Gasteiger partial charge in [0.15, 0.2) is 0 Å². The third kappa shape index (κ3) is 3.15.